The molecule has 1 aromatic carbocycles. The minimum Gasteiger partial charge on any atom is -0.497 e. The molecule has 0 spiro atoms. The van der Waals surface area contributed by atoms with Gasteiger partial charge in [0, 0.05) is 6.07 Å². The molecule has 62 valence electrons. The number of nitrogens with zero attached hydrogens (tertiary/aromatic N) is 1. The topological polar surface area (TPSA) is 35.3 Å². The van der Waals surface area contributed by atoms with Gasteiger partial charge in [0.1, 0.15) is 11.3 Å². The second kappa shape index (κ2) is 2.48. The molecule has 0 atom stereocenters. The van der Waals surface area contributed by atoms with Gasteiger partial charge in [-0.1, -0.05) is 0 Å². The third-order valence-corrected chi connectivity index (χ3v) is 1.57. The van der Waals surface area contributed by atoms with Crippen molar-refractivity contribution >= 4 is 11.1 Å². The van der Waals surface area contributed by atoms with Crippen molar-refractivity contribution in [1.29, 1.82) is 0 Å². The highest BCUT2D eigenvalue weighted by Gasteiger charge is 2.04. The van der Waals surface area contributed by atoms with E-state index in [2.05, 4.69) is 9.40 Å². The van der Waals surface area contributed by atoms with Crippen LogP contribution in [0.25, 0.3) is 11.1 Å². The third kappa shape index (κ3) is 1.01. The van der Waals surface area contributed by atoms with Crippen molar-refractivity contribution in [3.63, 3.8) is 0 Å². The summed E-state index contributed by atoms with van der Waals surface area (Å²) in [5.41, 5.74) is 0.889. The van der Waals surface area contributed by atoms with Crippen molar-refractivity contribution < 1.29 is 13.5 Å². The zero-order valence-electron chi connectivity index (χ0n) is 6.37. The summed E-state index contributed by atoms with van der Waals surface area (Å²) in [4.78, 5) is 3.50. The highest BCUT2D eigenvalue weighted by molar-refractivity contribution is 5.73. The van der Waals surface area contributed by atoms with E-state index in [1.165, 1.54) is 7.11 Å². The van der Waals surface area contributed by atoms with Crippen molar-refractivity contribution in [3.8, 4) is 5.75 Å². The normalized spacial score (nSPS) is 10.5. The average Bonchev–Trinajstić information content (AvgIpc) is 2.43. The van der Waals surface area contributed by atoms with Gasteiger partial charge < -0.3 is 9.15 Å². The van der Waals surface area contributed by atoms with Crippen LogP contribution in [0.3, 0.4) is 0 Å². The molecule has 2 aromatic rings. The lowest BCUT2D eigenvalue weighted by Crippen LogP contribution is -1.80. The Morgan fingerprint density at radius 3 is 3.08 bits per heavy atom. The molecule has 0 aliphatic heterocycles. The number of methoxy groups -OCH3 is 1. The number of ether oxygens (including phenoxy) is 1. The Labute approximate surface area is 67.8 Å². The Morgan fingerprint density at radius 1 is 1.50 bits per heavy atom. The van der Waals surface area contributed by atoms with E-state index in [1.807, 2.05) is 0 Å². The van der Waals surface area contributed by atoms with Gasteiger partial charge in [-0.05, 0) is 12.1 Å². The van der Waals surface area contributed by atoms with E-state index in [4.69, 9.17) is 4.74 Å². The van der Waals surface area contributed by atoms with E-state index in [1.54, 1.807) is 18.2 Å². The minimum atomic E-state index is -0.821. The number of hydrogen-bond donors (Lipinski definition) is 0. The fourth-order valence-corrected chi connectivity index (χ4v) is 1.00. The van der Waals surface area contributed by atoms with Gasteiger partial charge in [-0.15, -0.1) is 4.39 Å². The first-order valence-electron chi connectivity index (χ1n) is 3.39. The van der Waals surface area contributed by atoms with E-state index >= 15 is 0 Å². The molecule has 4 heteroatoms. The molecule has 2 rings (SSSR count). The summed E-state index contributed by atoms with van der Waals surface area (Å²) < 4.78 is 22.0. The van der Waals surface area contributed by atoms with E-state index < -0.39 is 6.14 Å². The molecule has 0 fully saturated rings. The summed E-state index contributed by atoms with van der Waals surface area (Å²) in [7, 11) is 1.54. The van der Waals surface area contributed by atoms with E-state index in [9.17, 15) is 4.39 Å². The van der Waals surface area contributed by atoms with Crippen LogP contribution in [-0.2, 0) is 0 Å². The lowest BCUT2D eigenvalue weighted by atomic mass is 10.3. The smallest absolute Gasteiger partial charge is 0.382 e. The van der Waals surface area contributed by atoms with Crippen molar-refractivity contribution in [3.05, 3.63) is 24.3 Å². The first kappa shape index (κ1) is 7.09. The maximum Gasteiger partial charge on any atom is 0.382 e. The molecule has 0 bridgehead atoms. The maximum absolute atomic E-state index is 12.4. The van der Waals surface area contributed by atoms with E-state index in [0.717, 1.165) is 0 Å². The van der Waals surface area contributed by atoms with Gasteiger partial charge in [-0.25, -0.2) is 0 Å². The fraction of sp³-hybridized carbons (Fsp3) is 0.125. The zero-order chi connectivity index (χ0) is 8.55. The molecule has 0 amide bonds. The number of halogens is 1. The van der Waals surface area contributed by atoms with Crippen LogP contribution in [0.15, 0.2) is 22.6 Å². The molecule has 1 heterocycles. The molecule has 0 aliphatic carbocycles. The standard InChI is InChI=1S/C8H6FNO2/c1-11-5-2-3-6-7(4-5)12-8(9)10-6/h2-4H,1H3. The van der Waals surface area contributed by atoms with Gasteiger partial charge in [0.15, 0.2) is 5.58 Å². The van der Waals surface area contributed by atoms with Crippen molar-refractivity contribution in [2.75, 3.05) is 7.11 Å². The summed E-state index contributed by atoms with van der Waals surface area (Å²) >= 11 is 0. The third-order valence-electron chi connectivity index (χ3n) is 1.57. The second-order valence-electron chi connectivity index (χ2n) is 2.30. The Balaban J connectivity index is 2.66. The van der Waals surface area contributed by atoms with Gasteiger partial charge in [0.25, 0.3) is 0 Å². The molecular formula is C8H6FNO2. The molecule has 0 saturated heterocycles. The molecule has 0 saturated carbocycles. The predicted octanol–water partition coefficient (Wildman–Crippen LogP) is 1.98. The second-order valence-corrected chi connectivity index (χ2v) is 2.30. The largest absolute Gasteiger partial charge is 0.497 e. The van der Waals surface area contributed by atoms with Gasteiger partial charge in [0.05, 0.1) is 7.11 Å². The molecule has 0 N–H and O–H groups in total. The lowest BCUT2D eigenvalue weighted by Gasteiger charge is -1.95. The summed E-state index contributed by atoms with van der Waals surface area (Å²) in [6.07, 6.45) is -0.821. The van der Waals surface area contributed by atoms with Crippen LogP contribution in [0.4, 0.5) is 4.39 Å². The monoisotopic (exact) mass is 167 g/mol. The maximum atomic E-state index is 12.4. The Kier molecular flexibility index (Phi) is 1.46. The number of aromatic nitrogens is 1. The summed E-state index contributed by atoms with van der Waals surface area (Å²) in [6, 6.07) is 4.93. The molecule has 0 aliphatic rings. The highest BCUT2D eigenvalue weighted by atomic mass is 19.1. The molecule has 0 unspecified atom stereocenters. The van der Waals surface area contributed by atoms with Crippen molar-refractivity contribution in [2.45, 2.75) is 0 Å². The Bertz CT molecular complexity index is 410. The summed E-state index contributed by atoms with van der Waals surface area (Å²) in [6.45, 7) is 0. The molecule has 12 heavy (non-hydrogen) atoms. The van der Waals surface area contributed by atoms with Gasteiger partial charge >= 0.3 is 6.14 Å². The summed E-state index contributed by atoms with van der Waals surface area (Å²) in [5.74, 6) is 0.624. The van der Waals surface area contributed by atoms with Gasteiger partial charge in [0.2, 0.25) is 0 Å². The number of oxazole rings is 1. The van der Waals surface area contributed by atoms with E-state index in [-0.39, 0.29) is 0 Å². The Morgan fingerprint density at radius 2 is 2.33 bits per heavy atom. The first-order chi connectivity index (χ1) is 5.79. The first-order valence-corrected chi connectivity index (χ1v) is 3.39. The summed E-state index contributed by atoms with van der Waals surface area (Å²) in [5, 5.41) is 0. The van der Waals surface area contributed by atoms with Gasteiger partial charge in [-0.3, -0.25) is 0 Å². The van der Waals surface area contributed by atoms with Crippen molar-refractivity contribution in [1.82, 2.24) is 4.98 Å². The van der Waals surface area contributed by atoms with Crippen LogP contribution in [0.2, 0.25) is 0 Å². The fourth-order valence-electron chi connectivity index (χ4n) is 1.00. The molecule has 0 radical (unpaired) electrons. The number of rotatable bonds is 1. The van der Waals surface area contributed by atoms with Gasteiger partial charge in [-0.2, -0.15) is 4.98 Å². The average molecular weight is 167 g/mol. The predicted molar refractivity (Wildman–Crippen MR) is 40.5 cm³/mol. The van der Waals surface area contributed by atoms with Crippen LogP contribution >= 0.6 is 0 Å². The van der Waals surface area contributed by atoms with Crippen molar-refractivity contribution in [2.24, 2.45) is 0 Å². The van der Waals surface area contributed by atoms with Crippen LogP contribution in [-0.4, -0.2) is 12.1 Å². The molecule has 1 aromatic heterocycles. The number of hydrogen-bond acceptors (Lipinski definition) is 3. The Hall–Kier alpha value is -1.58. The van der Waals surface area contributed by atoms with Crippen LogP contribution in [0.1, 0.15) is 0 Å². The van der Waals surface area contributed by atoms with E-state index in [0.29, 0.717) is 16.8 Å². The lowest BCUT2D eigenvalue weighted by molar-refractivity contribution is 0.354. The molecule has 3 nitrogen and oxygen atoms in total. The highest BCUT2D eigenvalue weighted by Crippen LogP contribution is 2.20. The number of fused-ring (bicyclic) bond motifs is 1. The quantitative estimate of drug-likeness (QED) is 0.651. The molecular weight excluding hydrogens is 161 g/mol. The number of benzene rings is 1. The minimum absolute atomic E-state index is 0.395. The van der Waals surface area contributed by atoms with Crippen LogP contribution in [0, 0.1) is 6.14 Å². The zero-order valence-corrected chi connectivity index (χ0v) is 6.37. The SMILES string of the molecule is COc1ccc2nc(F)oc2c1. The van der Waals surface area contributed by atoms with Crippen LogP contribution < -0.4 is 4.74 Å². The van der Waals surface area contributed by atoms with Crippen LogP contribution in [0.5, 0.6) is 5.75 Å².